The number of methoxy groups -OCH3 is 3. The largest absolute Gasteiger partial charge is 0.504 e. The summed E-state index contributed by atoms with van der Waals surface area (Å²) in [5.41, 5.74) is 7.08. The maximum Gasteiger partial charge on any atom is 0.257 e. The zero-order valence-corrected chi connectivity index (χ0v) is 28.7. The van der Waals surface area contributed by atoms with Crippen LogP contribution in [0.25, 0.3) is 22.3 Å². The molecule has 0 saturated heterocycles. The SMILES string of the molecule is C.C.COc1cc(-c2cncc(C(=O)Nc3ccccc3C)c2)ccc1O.COc1ccc(CNC(=O)c2cncc(-c3cccc(OC)c3)c2)cc1. The van der Waals surface area contributed by atoms with Crippen LogP contribution in [0.4, 0.5) is 5.69 Å². The fourth-order valence-corrected chi connectivity index (χ4v) is 5.04. The smallest absolute Gasteiger partial charge is 0.257 e. The van der Waals surface area contributed by atoms with E-state index in [1.165, 1.54) is 13.3 Å². The van der Waals surface area contributed by atoms with Crippen molar-refractivity contribution in [2.24, 2.45) is 0 Å². The Morgan fingerprint density at radius 3 is 1.87 bits per heavy atom. The van der Waals surface area contributed by atoms with E-state index >= 15 is 0 Å². The summed E-state index contributed by atoms with van der Waals surface area (Å²) in [6.45, 7) is 2.37. The first kappa shape index (κ1) is 40.7. The molecule has 0 radical (unpaired) electrons. The van der Waals surface area contributed by atoms with E-state index < -0.39 is 0 Å². The molecule has 0 bridgehead atoms. The maximum atomic E-state index is 12.5. The summed E-state index contributed by atoms with van der Waals surface area (Å²) in [6, 6.07) is 31.4. The number of carbonyl (C=O) groups excluding carboxylic acids is 2. The van der Waals surface area contributed by atoms with Gasteiger partial charge in [0.2, 0.25) is 0 Å². The number of phenolic OH excluding ortho intramolecular Hbond substituents is 1. The molecular formula is C43H46N4O6. The van der Waals surface area contributed by atoms with E-state index in [9.17, 15) is 14.7 Å². The molecule has 0 saturated carbocycles. The minimum atomic E-state index is -0.227. The Morgan fingerprint density at radius 1 is 0.623 bits per heavy atom. The number of pyridine rings is 2. The zero-order chi connectivity index (χ0) is 36.2. The number of rotatable bonds is 10. The molecule has 3 N–H and O–H groups in total. The number of para-hydroxylation sites is 1. The van der Waals surface area contributed by atoms with Gasteiger partial charge >= 0.3 is 0 Å². The molecule has 0 aliphatic carbocycles. The first-order chi connectivity index (χ1) is 24.8. The molecule has 2 heterocycles. The second kappa shape index (κ2) is 19.6. The van der Waals surface area contributed by atoms with Crippen LogP contribution in [0, 0.1) is 6.92 Å². The summed E-state index contributed by atoms with van der Waals surface area (Å²) < 4.78 is 15.5. The highest BCUT2D eigenvalue weighted by Gasteiger charge is 2.12. The summed E-state index contributed by atoms with van der Waals surface area (Å²) >= 11 is 0. The number of anilines is 1. The predicted molar refractivity (Wildman–Crippen MR) is 211 cm³/mol. The molecule has 6 aromatic rings. The lowest BCUT2D eigenvalue weighted by atomic mass is 10.0. The van der Waals surface area contributed by atoms with Gasteiger partial charge in [-0.25, -0.2) is 0 Å². The van der Waals surface area contributed by atoms with E-state index in [0.717, 1.165) is 50.6 Å². The monoisotopic (exact) mass is 714 g/mol. The summed E-state index contributed by atoms with van der Waals surface area (Å²) in [5.74, 6) is 1.58. The quantitative estimate of drug-likeness (QED) is 0.128. The second-order valence-corrected chi connectivity index (χ2v) is 11.3. The first-order valence-corrected chi connectivity index (χ1v) is 16.0. The van der Waals surface area contributed by atoms with Crippen LogP contribution >= 0.6 is 0 Å². The number of carbonyl (C=O) groups is 2. The zero-order valence-electron chi connectivity index (χ0n) is 28.7. The summed E-state index contributed by atoms with van der Waals surface area (Å²) in [4.78, 5) is 33.3. The average molecular weight is 715 g/mol. The van der Waals surface area contributed by atoms with Gasteiger partial charge in [-0.1, -0.05) is 63.4 Å². The van der Waals surface area contributed by atoms with Crippen molar-refractivity contribution in [2.45, 2.75) is 28.3 Å². The molecule has 10 heteroatoms. The highest BCUT2D eigenvalue weighted by molar-refractivity contribution is 6.05. The van der Waals surface area contributed by atoms with Crippen molar-refractivity contribution in [2.75, 3.05) is 26.6 Å². The van der Waals surface area contributed by atoms with Crippen molar-refractivity contribution in [1.29, 1.82) is 0 Å². The molecule has 0 fully saturated rings. The summed E-state index contributed by atoms with van der Waals surface area (Å²) in [5, 5.41) is 15.5. The number of aromatic nitrogens is 2. The number of hydrogen-bond donors (Lipinski definition) is 3. The lowest BCUT2D eigenvalue weighted by molar-refractivity contribution is 0.0949. The molecule has 6 rings (SSSR count). The van der Waals surface area contributed by atoms with Gasteiger partial charge in [0.05, 0.1) is 32.5 Å². The Bertz CT molecular complexity index is 2120. The summed E-state index contributed by atoms with van der Waals surface area (Å²) in [7, 11) is 4.74. The molecule has 0 atom stereocenters. The maximum absolute atomic E-state index is 12.5. The van der Waals surface area contributed by atoms with Gasteiger partial charge < -0.3 is 30.0 Å². The molecule has 0 aliphatic rings. The fraction of sp³-hybridized carbons (Fsp3) is 0.163. The van der Waals surface area contributed by atoms with E-state index in [1.807, 2.05) is 85.8 Å². The highest BCUT2D eigenvalue weighted by Crippen LogP contribution is 2.31. The number of nitrogens with one attached hydrogen (secondary N) is 2. The van der Waals surface area contributed by atoms with Crippen LogP contribution in [-0.4, -0.2) is 48.2 Å². The van der Waals surface area contributed by atoms with E-state index in [-0.39, 0.29) is 32.4 Å². The van der Waals surface area contributed by atoms with Crippen molar-refractivity contribution in [1.82, 2.24) is 15.3 Å². The number of ether oxygens (including phenoxy) is 3. The van der Waals surface area contributed by atoms with Gasteiger partial charge in [-0.2, -0.15) is 0 Å². The number of aryl methyl sites for hydroxylation is 1. The van der Waals surface area contributed by atoms with Crippen LogP contribution in [-0.2, 0) is 6.54 Å². The van der Waals surface area contributed by atoms with Crippen LogP contribution < -0.4 is 24.8 Å². The van der Waals surface area contributed by atoms with E-state index in [0.29, 0.717) is 23.4 Å². The van der Waals surface area contributed by atoms with Crippen LogP contribution in [0.3, 0.4) is 0 Å². The molecule has 0 unspecified atom stereocenters. The molecule has 2 amide bonds. The third-order valence-electron chi connectivity index (χ3n) is 7.92. The van der Waals surface area contributed by atoms with Gasteiger partial charge in [-0.05, 0) is 83.8 Å². The third kappa shape index (κ3) is 10.9. The van der Waals surface area contributed by atoms with Crippen molar-refractivity contribution in [3.63, 3.8) is 0 Å². The predicted octanol–water partition coefficient (Wildman–Crippen LogP) is 8.99. The Kier molecular flexibility index (Phi) is 15.1. The Morgan fingerprint density at radius 2 is 1.25 bits per heavy atom. The van der Waals surface area contributed by atoms with Gasteiger partial charge in [-0.15, -0.1) is 0 Å². The lowest BCUT2D eigenvalue weighted by Gasteiger charge is -2.10. The third-order valence-corrected chi connectivity index (χ3v) is 7.92. The lowest BCUT2D eigenvalue weighted by Crippen LogP contribution is -2.22. The van der Waals surface area contributed by atoms with E-state index in [1.54, 1.807) is 57.1 Å². The molecule has 10 nitrogen and oxygen atoms in total. The van der Waals surface area contributed by atoms with Gasteiger partial charge in [0.1, 0.15) is 11.5 Å². The second-order valence-electron chi connectivity index (χ2n) is 11.3. The first-order valence-electron chi connectivity index (χ1n) is 16.0. The van der Waals surface area contributed by atoms with E-state index in [2.05, 4.69) is 20.6 Å². The number of benzene rings is 4. The number of nitrogens with zero attached hydrogens (tertiary/aromatic N) is 2. The summed E-state index contributed by atoms with van der Waals surface area (Å²) in [6.07, 6.45) is 6.48. The van der Waals surface area contributed by atoms with Crippen LogP contribution in [0.15, 0.2) is 128 Å². The molecule has 4 aromatic carbocycles. The Hall–Kier alpha value is -6.68. The van der Waals surface area contributed by atoms with Crippen molar-refractivity contribution >= 4 is 17.5 Å². The minimum Gasteiger partial charge on any atom is -0.504 e. The van der Waals surface area contributed by atoms with Gasteiger partial charge in [0.15, 0.2) is 11.5 Å². The molecular weight excluding hydrogens is 668 g/mol. The highest BCUT2D eigenvalue weighted by atomic mass is 16.5. The molecule has 2 aromatic heterocycles. The van der Waals surface area contributed by atoms with Crippen LogP contribution in [0.1, 0.15) is 46.7 Å². The standard InChI is InChI=1S/C21H20N2O3.C20H18N2O3.2CH4/c1-25-19-8-6-15(7-9-19)12-23-21(24)18-10-17(13-22-14-18)16-4-3-5-20(11-16)26-2;1-13-5-3-4-6-17(13)22-20(24)16-9-15(11-21-12-16)14-7-8-18(23)19(10-14)25-2;;/h3-11,13-14H,12H2,1-2H3,(H,23,24);3-12,23H,1-2H3,(H,22,24);2*1H4. The molecule has 0 aliphatic heterocycles. The minimum absolute atomic E-state index is 0. The Labute approximate surface area is 311 Å². The number of aromatic hydroxyl groups is 1. The normalized spacial score (nSPS) is 9.89. The molecule has 53 heavy (non-hydrogen) atoms. The average Bonchev–Trinajstić information content (AvgIpc) is 3.18. The van der Waals surface area contributed by atoms with Gasteiger partial charge in [-0.3, -0.25) is 19.6 Å². The number of hydrogen-bond acceptors (Lipinski definition) is 8. The van der Waals surface area contributed by atoms with E-state index in [4.69, 9.17) is 14.2 Å². The fourth-order valence-electron chi connectivity index (χ4n) is 5.04. The molecule has 0 spiro atoms. The molecule has 274 valence electrons. The van der Waals surface area contributed by atoms with Gasteiger partial charge in [0, 0.05) is 48.1 Å². The van der Waals surface area contributed by atoms with Crippen LogP contribution in [0.5, 0.6) is 23.0 Å². The Balaban J connectivity index is 0.000000275. The van der Waals surface area contributed by atoms with Gasteiger partial charge in [0.25, 0.3) is 11.8 Å². The van der Waals surface area contributed by atoms with Crippen molar-refractivity contribution < 1.29 is 28.9 Å². The van der Waals surface area contributed by atoms with Crippen molar-refractivity contribution in [3.8, 4) is 45.3 Å². The van der Waals surface area contributed by atoms with Crippen LogP contribution in [0.2, 0.25) is 0 Å². The van der Waals surface area contributed by atoms with Crippen molar-refractivity contribution in [3.05, 3.63) is 150 Å². The number of phenols is 1. The topological polar surface area (TPSA) is 132 Å². The number of amides is 2.